The molecule has 1 aliphatic rings. The van der Waals surface area contributed by atoms with Gasteiger partial charge in [0, 0.05) is 18.7 Å². The molecule has 1 aliphatic heterocycles. The van der Waals surface area contributed by atoms with Crippen molar-refractivity contribution in [1.82, 2.24) is 10.2 Å². The third-order valence-corrected chi connectivity index (χ3v) is 4.21. The van der Waals surface area contributed by atoms with Gasteiger partial charge < -0.3 is 15.0 Å². The Bertz CT molecular complexity index is 744. The Morgan fingerprint density at radius 2 is 1.92 bits per heavy atom. The van der Waals surface area contributed by atoms with Gasteiger partial charge in [-0.3, -0.25) is 9.59 Å². The van der Waals surface area contributed by atoms with Gasteiger partial charge in [0.15, 0.2) is 0 Å². The molecule has 2 amide bonds. The fourth-order valence-corrected chi connectivity index (χ4v) is 2.83. The molecule has 0 radical (unpaired) electrons. The van der Waals surface area contributed by atoms with Gasteiger partial charge >= 0.3 is 0 Å². The van der Waals surface area contributed by atoms with Crippen molar-refractivity contribution in [2.45, 2.75) is 13.0 Å². The highest BCUT2D eigenvalue weighted by atomic mass is 16.5. The van der Waals surface area contributed by atoms with E-state index in [4.69, 9.17) is 4.74 Å². The third kappa shape index (κ3) is 3.56. The van der Waals surface area contributed by atoms with Crippen molar-refractivity contribution in [1.29, 1.82) is 0 Å². The highest BCUT2D eigenvalue weighted by Gasteiger charge is 2.21. The summed E-state index contributed by atoms with van der Waals surface area (Å²) in [5, 5.41) is 2.69. The average Bonchev–Trinajstić information content (AvgIpc) is 2.65. The number of hydrogen-bond donors (Lipinski definition) is 1. The minimum absolute atomic E-state index is 0.0131. The Balaban J connectivity index is 1.57. The number of benzene rings is 2. The second kappa shape index (κ2) is 7.17. The number of carbonyl (C=O) groups excluding carboxylic acids is 2. The fourth-order valence-electron chi connectivity index (χ4n) is 2.83. The zero-order chi connectivity index (χ0) is 16.9. The van der Waals surface area contributed by atoms with E-state index < -0.39 is 0 Å². The molecule has 124 valence electrons. The van der Waals surface area contributed by atoms with Crippen molar-refractivity contribution in [3.63, 3.8) is 0 Å². The molecule has 0 atom stereocenters. The molecule has 0 saturated heterocycles. The summed E-state index contributed by atoms with van der Waals surface area (Å²) < 4.78 is 5.23. The number of ether oxygens (including phenoxy) is 1. The predicted molar refractivity (Wildman–Crippen MR) is 90.9 cm³/mol. The topological polar surface area (TPSA) is 58.6 Å². The molecule has 5 heteroatoms. The molecular formula is C19H20N2O3. The first-order chi connectivity index (χ1) is 11.7. The summed E-state index contributed by atoms with van der Waals surface area (Å²) >= 11 is 0. The minimum Gasteiger partial charge on any atom is -0.497 e. The van der Waals surface area contributed by atoms with E-state index in [2.05, 4.69) is 5.32 Å². The Kier molecular flexibility index (Phi) is 4.79. The Morgan fingerprint density at radius 1 is 1.12 bits per heavy atom. The van der Waals surface area contributed by atoms with Crippen LogP contribution in [0.5, 0.6) is 5.75 Å². The molecule has 0 fully saturated rings. The van der Waals surface area contributed by atoms with Crippen molar-refractivity contribution in [2.75, 3.05) is 20.2 Å². The van der Waals surface area contributed by atoms with Crippen molar-refractivity contribution >= 4 is 11.8 Å². The van der Waals surface area contributed by atoms with Crippen LogP contribution in [0.15, 0.2) is 48.5 Å². The van der Waals surface area contributed by atoms with E-state index in [9.17, 15) is 9.59 Å². The average molecular weight is 324 g/mol. The van der Waals surface area contributed by atoms with E-state index in [-0.39, 0.29) is 18.4 Å². The number of fused-ring (bicyclic) bond motifs is 1. The van der Waals surface area contributed by atoms with E-state index in [0.29, 0.717) is 18.7 Å². The van der Waals surface area contributed by atoms with Crippen molar-refractivity contribution in [3.05, 3.63) is 65.2 Å². The number of carbonyl (C=O) groups is 2. The summed E-state index contributed by atoms with van der Waals surface area (Å²) in [6.07, 6.45) is 0.797. The summed E-state index contributed by atoms with van der Waals surface area (Å²) in [5.41, 5.74) is 2.90. The first kappa shape index (κ1) is 16.1. The Morgan fingerprint density at radius 3 is 2.67 bits per heavy atom. The van der Waals surface area contributed by atoms with Crippen LogP contribution in [0, 0.1) is 0 Å². The monoisotopic (exact) mass is 324 g/mol. The summed E-state index contributed by atoms with van der Waals surface area (Å²) in [6, 6.07) is 14.8. The molecule has 0 spiro atoms. The molecule has 0 aliphatic carbocycles. The maximum atomic E-state index is 12.4. The molecule has 2 aromatic carbocycles. The molecule has 1 heterocycles. The van der Waals surface area contributed by atoms with E-state index >= 15 is 0 Å². The van der Waals surface area contributed by atoms with E-state index in [0.717, 1.165) is 17.7 Å². The lowest BCUT2D eigenvalue weighted by Gasteiger charge is -2.29. The summed E-state index contributed by atoms with van der Waals surface area (Å²) in [7, 11) is 1.65. The van der Waals surface area contributed by atoms with Gasteiger partial charge in [-0.2, -0.15) is 0 Å². The van der Waals surface area contributed by atoms with E-state index in [1.54, 1.807) is 36.3 Å². The largest absolute Gasteiger partial charge is 0.497 e. The molecule has 0 bridgehead atoms. The molecule has 3 rings (SSSR count). The standard InChI is InChI=1S/C19H20N2O3/c1-24-17-8-7-16-13-21(10-9-15(16)11-17)18(22)12-20-19(23)14-5-3-2-4-6-14/h2-8,11H,9-10,12-13H2,1H3,(H,20,23). The second-order valence-corrected chi connectivity index (χ2v) is 5.75. The first-order valence-electron chi connectivity index (χ1n) is 7.94. The quantitative estimate of drug-likeness (QED) is 0.936. The van der Waals surface area contributed by atoms with Gasteiger partial charge in [-0.1, -0.05) is 24.3 Å². The van der Waals surface area contributed by atoms with E-state index in [1.165, 1.54) is 5.56 Å². The van der Waals surface area contributed by atoms with Crippen LogP contribution in [0.1, 0.15) is 21.5 Å². The lowest BCUT2D eigenvalue weighted by atomic mass is 9.99. The van der Waals surface area contributed by atoms with Crippen LogP contribution in [0.25, 0.3) is 0 Å². The molecule has 0 saturated carbocycles. The van der Waals surface area contributed by atoms with Crippen molar-refractivity contribution in [2.24, 2.45) is 0 Å². The minimum atomic E-state index is -0.230. The second-order valence-electron chi connectivity index (χ2n) is 5.75. The van der Waals surface area contributed by atoms with Crippen molar-refractivity contribution < 1.29 is 14.3 Å². The highest BCUT2D eigenvalue weighted by molar-refractivity contribution is 5.96. The number of hydrogen-bond acceptors (Lipinski definition) is 3. The SMILES string of the molecule is COc1ccc2c(c1)CCN(C(=O)CNC(=O)c1ccccc1)C2. The summed E-state index contributed by atoms with van der Waals surface area (Å²) in [5.74, 6) is 0.537. The molecule has 0 unspecified atom stereocenters. The summed E-state index contributed by atoms with van der Waals surface area (Å²) in [4.78, 5) is 26.1. The predicted octanol–water partition coefficient (Wildman–Crippen LogP) is 2.01. The Hall–Kier alpha value is -2.82. The number of methoxy groups -OCH3 is 1. The van der Waals surface area contributed by atoms with Gasteiger partial charge in [0.2, 0.25) is 5.91 Å². The number of nitrogens with zero attached hydrogens (tertiary/aromatic N) is 1. The molecular weight excluding hydrogens is 304 g/mol. The van der Waals surface area contributed by atoms with Crippen LogP contribution in [0.4, 0.5) is 0 Å². The molecule has 1 N–H and O–H groups in total. The maximum Gasteiger partial charge on any atom is 0.251 e. The molecule has 2 aromatic rings. The number of nitrogens with one attached hydrogen (secondary N) is 1. The molecule has 5 nitrogen and oxygen atoms in total. The van der Waals surface area contributed by atoms with Crippen LogP contribution in [0.3, 0.4) is 0 Å². The highest BCUT2D eigenvalue weighted by Crippen LogP contribution is 2.23. The lowest BCUT2D eigenvalue weighted by molar-refractivity contribution is -0.131. The van der Waals surface area contributed by atoms with Gasteiger partial charge in [0.1, 0.15) is 5.75 Å². The van der Waals surface area contributed by atoms with Crippen LogP contribution < -0.4 is 10.1 Å². The number of amides is 2. The van der Waals surface area contributed by atoms with Crippen LogP contribution in [-0.2, 0) is 17.8 Å². The molecule has 0 aromatic heterocycles. The van der Waals surface area contributed by atoms with Gasteiger partial charge in [0.25, 0.3) is 5.91 Å². The first-order valence-corrected chi connectivity index (χ1v) is 7.94. The van der Waals surface area contributed by atoms with Gasteiger partial charge in [-0.25, -0.2) is 0 Å². The zero-order valence-electron chi connectivity index (χ0n) is 13.6. The van der Waals surface area contributed by atoms with Crippen molar-refractivity contribution in [3.8, 4) is 5.75 Å². The summed E-state index contributed by atoms with van der Waals surface area (Å²) in [6.45, 7) is 1.23. The zero-order valence-corrected chi connectivity index (χ0v) is 13.6. The maximum absolute atomic E-state index is 12.4. The van der Waals surface area contributed by atoms with Gasteiger partial charge in [0.05, 0.1) is 13.7 Å². The third-order valence-electron chi connectivity index (χ3n) is 4.21. The normalized spacial score (nSPS) is 13.1. The Labute approximate surface area is 141 Å². The van der Waals surface area contributed by atoms with Crippen LogP contribution in [0.2, 0.25) is 0 Å². The fraction of sp³-hybridized carbons (Fsp3) is 0.263. The molecule has 24 heavy (non-hydrogen) atoms. The lowest BCUT2D eigenvalue weighted by Crippen LogP contribution is -2.42. The van der Waals surface area contributed by atoms with Gasteiger partial charge in [-0.15, -0.1) is 0 Å². The van der Waals surface area contributed by atoms with Gasteiger partial charge in [-0.05, 0) is 41.8 Å². The smallest absolute Gasteiger partial charge is 0.251 e. The van der Waals surface area contributed by atoms with Crippen LogP contribution >= 0.6 is 0 Å². The number of rotatable bonds is 4. The van der Waals surface area contributed by atoms with Crippen LogP contribution in [-0.4, -0.2) is 36.9 Å². The van der Waals surface area contributed by atoms with E-state index in [1.807, 2.05) is 24.3 Å².